The van der Waals surface area contributed by atoms with Crippen LogP contribution in [0.25, 0.3) is 0 Å². The van der Waals surface area contributed by atoms with Gasteiger partial charge in [-0.3, -0.25) is 0 Å². The zero-order valence-electron chi connectivity index (χ0n) is 8.46. The van der Waals surface area contributed by atoms with Gasteiger partial charge in [-0.15, -0.1) is 0 Å². The average Bonchev–Trinajstić information content (AvgIpc) is 2.26. The molecule has 0 spiro atoms. The molecule has 4 heteroatoms. The lowest BCUT2D eigenvalue weighted by atomic mass is 9.96. The van der Waals surface area contributed by atoms with Crippen molar-refractivity contribution >= 4 is 21.6 Å². The summed E-state index contributed by atoms with van der Waals surface area (Å²) in [6.07, 6.45) is 3.45. The highest BCUT2D eigenvalue weighted by Gasteiger charge is 2.21. The van der Waals surface area contributed by atoms with Gasteiger partial charge in [-0.2, -0.15) is 0 Å². The summed E-state index contributed by atoms with van der Waals surface area (Å²) in [5.74, 6) is 0.212. The molecule has 1 aromatic rings. The van der Waals surface area contributed by atoms with Crippen molar-refractivity contribution in [2.45, 2.75) is 25.3 Å². The summed E-state index contributed by atoms with van der Waals surface area (Å²) >= 11 is 3.46. The number of nitrogens with two attached hydrogens (primary N) is 1. The first-order valence-corrected chi connectivity index (χ1v) is 5.99. The van der Waals surface area contributed by atoms with Gasteiger partial charge >= 0.3 is 0 Å². The number of benzene rings is 1. The smallest absolute Gasteiger partial charge is 0.144 e. The van der Waals surface area contributed by atoms with Crippen molar-refractivity contribution in [1.82, 2.24) is 5.32 Å². The quantitative estimate of drug-likeness (QED) is 0.543. The second-order valence-corrected chi connectivity index (χ2v) is 4.76. The lowest BCUT2D eigenvalue weighted by Crippen LogP contribution is -2.27. The van der Waals surface area contributed by atoms with E-state index in [2.05, 4.69) is 21.2 Å². The Morgan fingerprint density at radius 2 is 2.20 bits per heavy atom. The number of nitrogen functional groups attached to an aromatic ring is 1. The predicted molar refractivity (Wildman–Crippen MR) is 64.8 cm³/mol. The normalized spacial score (nSPS) is 21.5. The van der Waals surface area contributed by atoms with Crippen molar-refractivity contribution in [2.24, 2.45) is 0 Å². The molecule has 1 atom stereocenters. The van der Waals surface area contributed by atoms with Crippen LogP contribution in [0.4, 0.5) is 5.69 Å². The van der Waals surface area contributed by atoms with E-state index in [0.29, 0.717) is 5.69 Å². The first kappa shape index (κ1) is 10.8. The average molecular weight is 271 g/mol. The number of hydrogen-bond acceptors (Lipinski definition) is 3. The van der Waals surface area contributed by atoms with Crippen LogP contribution in [-0.4, -0.2) is 11.7 Å². The molecule has 1 aromatic carbocycles. The fourth-order valence-corrected chi connectivity index (χ4v) is 2.63. The van der Waals surface area contributed by atoms with E-state index in [1.807, 2.05) is 6.07 Å². The van der Waals surface area contributed by atoms with E-state index in [-0.39, 0.29) is 11.8 Å². The van der Waals surface area contributed by atoms with Gasteiger partial charge in [-0.05, 0) is 31.5 Å². The first-order chi connectivity index (χ1) is 7.20. The number of phenols is 1. The van der Waals surface area contributed by atoms with Gasteiger partial charge in [0.15, 0.2) is 0 Å². The number of phenolic OH excluding ortho intramolecular Hbond substituents is 1. The molecular formula is C11H15BrN2O. The molecule has 0 unspecified atom stereocenters. The maximum absolute atomic E-state index is 9.94. The molecule has 15 heavy (non-hydrogen) atoms. The van der Waals surface area contributed by atoms with Gasteiger partial charge in [0.2, 0.25) is 0 Å². The molecule has 1 heterocycles. The van der Waals surface area contributed by atoms with E-state index in [1.54, 1.807) is 6.07 Å². The Bertz CT molecular complexity index is 362. The Morgan fingerprint density at radius 3 is 2.87 bits per heavy atom. The fourth-order valence-electron chi connectivity index (χ4n) is 2.03. The number of aromatic hydroxyl groups is 1. The standard InChI is InChI=1S/C11H15BrN2O/c12-7-4-5-8(13)11(15)10(7)9-3-1-2-6-14-9/h4-5,9,14-15H,1-3,6,13H2/t9-/m1/s1. The lowest BCUT2D eigenvalue weighted by Gasteiger charge is -2.25. The summed E-state index contributed by atoms with van der Waals surface area (Å²) in [4.78, 5) is 0. The van der Waals surface area contributed by atoms with Crippen molar-refractivity contribution in [1.29, 1.82) is 0 Å². The van der Waals surface area contributed by atoms with E-state index < -0.39 is 0 Å². The SMILES string of the molecule is Nc1ccc(Br)c([C@H]2CCCCN2)c1O. The number of piperidine rings is 1. The summed E-state index contributed by atoms with van der Waals surface area (Å²) in [5.41, 5.74) is 7.04. The highest BCUT2D eigenvalue weighted by Crippen LogP contribution is 2.38. The van der Waals surface area contributed by atoms with Crippen LogP contribution in [0.3, 0.4) is 0 Å². The van der Waals surface area contributed by atoms with Crippen LogP contribution in [-0.2, 0) is 0 Å². The third-order valence-corrected chi connectivity index (χ3v) is 3.55. The molecule has 0 radical (unpaired) electrons. The zero-order chi connectivity index (χ0) is 10.8. The maximum atomic E-state index is 9.94. The summed E-state index contributed by atoms with van der Waals surface area (Å²) in [6, 6.07) is 3.82. The molecule has 0 aromatic heterocycles. The largest absolute Gasteiger partial charge is 0.505 e. The van der Waals surface area contributed by atoms with Crippen molar-refractivity contribution in [3.8, 4) is 5.75 Å². The minimum Gasteiger partial charge on any atom is -0.505 e. The van der Waals surface area contributed by atoms with E-state index in [4.69, 9.17) is 5.73 Å². The zero-order valence-corrected chi connectivity index (χ0v) is 10.0. The van der Waals surface area contributed by atoms with Gasteiger partial charge in [0.25, 0.3) is 0 Å². The highest BCUT2D eigenvalue weighted by molar-refractivity contribution is 9.10. The minimum absolute atomic E-state index is 0.212. The third-order valence-electron chi connectivity index (χ3n) is 2.85. The molecule has 0 bridgehead atoms. The van der Waals surface area contributed by atoms with Gasteiger partial charge in [0, 0.05) is 16.1 Å². The Labute approximate surface area is 97.8 Å². The van der Waals surface area contributed by atoms with Gasteiger partial charge in [-0.25, -0.2) is 0 Å². The van der Waals surface area contributed by atoms with E-state index in [9.17, 15) is 5.11 Å². The fraction of sp³-hybridized carbons (Fsp3) is 0.455. The topological polar surface area (TPSA) is 58.3 Å². The maximum Gasteiger partial charge on any atom is 0.144 e. The number of rotatable bonds is 1. The minimum atomic E-state index is 0.212. The van der Waals surface area contributed by atoms with Crippen molar-refractivity contribution in [3.05, 3.63) is 22.2 Å². The molecule has 1 fully saturated rings. The van der Waals surface area contributed by atoms with Crippen LogP contribution in [0, 0.1) is 0 Å². The number of nitrogens with one attached hydrogen (secondary N) is 1. The summed E-state index contributed by atoms with van der Waals surface area (Å²) in [7, 11) is 0. The Hall–Kier alpha value is -0.740. The number of hydrogen-bond donors (Lipinski definition) is 3. The van der Waals surface area contributed by atoms with E-state index in [0.717, 1.165) is 23.0 Å². The molecule has 4 N–H and O–H groups in total. The second kappa shape index (κ2) is 4.41. The molecule has 0 aliphatic carbocycles. The van der Waals surface area contributed by atoms with Crippen molar-refractivity contribution in [2.75, 3.05) is 12.3 Å². The highest BCUT2D eigenvalue weighted by atomic mass is 79.9. The molecular weight excluding hydrogens is 256 g/mol. The number of anilines is 1. The van der Waals surface area contributed by atoms with E-state index in [1.165, 1.54) is 12.8 Å². The molecule has 1 saturated heterocycles. The summed E-state index contributed by atoms with van der Waals surface area (Å²) in [6.45, 7) is 1.01. The second-order valence-electron chi connectivity index (χ2n) is 3.90. The van der Waals surface area contributed by atoms with Crippen LogP contribution in [0.5, 0.6) is 5.75 Å². The van der Waals surface area contributed by atoms with Crippen LogP contribution >= 0.6 is 15.9 Å². The predicted octanol–water partition coefficient (Wildman–Crippen LogP) is 2.55. The molecule has 0 amide bonds. The molecule has 3 nitrogen and oxygen atoms in total. The van der Waals surface area contributed by atoms with Gasteiger partial charge in [-0.1, -0.05) is 22.4 Å². The van der Waals surface area contributed by atoms with Gasteiger partial charge in [0.1, 0.15) is 5.75 Å². The molecule has 1 aliphatic heterocycles. The lowest BCUT2D eigenvalue weighted by molar-refractivity contribution is 0.390. The van der Waals surface area contributed by atoms with Crippen molar-refractivity contribution < 1.29 is 5.11 Å². The van der Waals surface area contributed by atoms with Gasteiger partial charge in [0.05, 0.1) is 5.69 Å². The third kappa shape index (κ3) is 2.11. The Kier molecular flexibility index (Phi) is 3.17. The van der Waals surface area contributed by atoms with Gasteiger partial charge < -0.3 is 16.2 Å². The molecule has 2 rings (SSSR count). The monoisotopic (exact) mass is 270 g/mol. The first-order valence-electron chi connectivity index (χ1n) is 5.20. The number of halogens is 1. The summed E-state index contributed by atoms with van der Waals surface area (Å²) in [5, 5.41) is 13.3. The van der Waals surface area contributed by atoms with Crippen LogP contribution in [0.2, 0.25) is 0 Å². The van der Waals surface area contributed by atoms with Crippen LogP contribution in [0.15, 0.2) is 16.6 Å². The van der Waals surface area contributed by atoms with E-state index >= 15 is 0 Å². The Balaban J connectivity index is 2.36. The van der Waals surface area contributed by atoms with Crippen molar-refractivity contribution in [3.63, 3.8) is 0 Å². The van der Waals surface area contributed by atoms with Crippen LogP contribution in [0.1, 0.15) is 30.9 Å². The molecule has 0 saturated carbocycles. The molecule has 1 aliphatic rings. The molecule has 82 valence electrons. The van der Waals surface area contributed by atoms with Crippen LogP contribution < -0.4 is 11.1 Å². The Morgan fingerprint density at radius 1 is 1.40 bits per heavy atom. The summed E-state index contributed by atoms with van der Waals surface area (Å²) < 4.78 is 0.925.